The summed E-state index contributed by atoms with van der Waals surface area (Å²) in [6, 6.07) is 4.06. The minimum atomic E-state index is 0.286. The minimum absolute atomic E-state index is 0.286. The van der Waals surface area contributed by atoms with Gasteiger partial charge in [0, 0.05) is 51.4 Å². The van der Waals surface area contributed by atoms with Crippen LogP contribution in [-0.2, 0) is 22.6 Å². The highest BCUT2D eigenvalue weighted by atomic mass is 16.5. The predicted molar refractivity (Wildman–Crippen MR) is 98.2 cm³/mol. The Labute approximate surface area is 154 Å². The van der Waals surface area contributed by atoms with Crippen molar-refractivity contribution in [2.45, 2.75) is 38.8 Å². The summed E-state index contributed by atoms with van der Waals surface area (Å²) in [7, 11) is 1.77. The standard InChI is InChI=1S/C19H27N5O2/c1-14-3-4-18(22-21-14)23-11-16-9-20-24(10-15-5-7-26-8-6-15)19(16)17(12-23)13-25-2/h3-4,9,15,17H,5-8,10-13H2,1-2H3. The molecule has 0 aromatic carbocycles. The van der Waals surface area contributed by atoms with E-state index in [0.29, 0.717) is 12.5 Å². The van der Waals surface area contributed by atoms with E-state index in [4.69, 9.17) is 14.6 Å². The first kappa shape index (κ1) is 17.4. The van der Waals surface area contributed by atoms with Crippen molar-refractivity contribution in [1.82, 2.24) is 20.0 Å². The van der Waals surface area contributed by atoms with Crippen LogP contribution >= 0.6 is 0 Å². The smallest absolute Gasteiger partial charge is 0.151 e. The SMILES string of the molecule is COCC1CN(c2ccc(C)nn2)Cc2cnn(CC3CCOCC3)c21. The summed E-state index contributed by atoms with van der Waals surface area (Å²) in [5.74, 6) is 1.85. The van der Waals surface area contributed by atoms with Crippen LogP contribution in [0.2, 0.25) is 0 Å². The van der Waals surface area contributed by atoms with E-state index in [1.807, 2.05) is 25.3 Å². The van der Waals surface area contributed by atoms with Crippen LogP contribution in [0.3, 0.4) is 0 Å². The zero-order valence-electron chi connectivity index (χ0n) is 15.6. The highest BCUT2D eigenvalue weighted by molar-refractivity contribution is 5.43. The molecule has 0 amide bonds. The molecule has 0 saturated carbocycles. The molecule has 0 N–H and O–H groups in total. The van der Waals surface area contributed by atoms with Gasteiger partial charge in [0.25, 0.3) is 0 Å². The van der Waals surface area contributed by atoms with E-state index in [1.54, 1.807) is 7.11 Å². The average Bonchev–Trinajstić information content (AvgIpc) is 3.06. The molecule has 4 rings (SSSR count). The maximum absolute atomic E-state index is 5.53. The van der Waals surface area contributed by atoms with E-state index >= 15 is 0 Å². The van der Waals surface area contributed by atoms with Gasteiger partial charge in [-0.1, -0.05) is 0 Å². The number of anilines is 1. The molecular formula is C19H27N5O2. The van der Waals surface area contributed by atoms with E-state index in [1.165, 1.54) is 11.3 Å². The lowest BCUT2D eigenvalue weighted by Gasteiger charge is -2.34. The second kappa shape index (κ2) is 7.72. The zero-order chi connectivity index (χ0) is 17.9. The van der Waals surface area contributed by atoms with Gasteiger partial charge in [0.2, 0.25) is 0 Å². The normalized spacial score (nSPS) is 21.0. The van der Waals surface area contributed by atoms with Crippen molar-refractivity contribution in [3.63, 3.8) is 0 Å². The van der Waals surface area contributed by atoms with E-state index < -0.39 is 0 Å². The van der Waals surface area contributed by atoms with Gasteiger partial charge in [-0.05, 0) is 37.8 Å². The maximum atomic E-state index is 5.53. The number of aryl methyl sites for hydroxylation is 1. The Balaban J connectivity index is 1.57. The second-order valence-corrected chi connectivity index (χ2v) is 7.36. The van der Waals surface area contributed by atoms with Crippen molar-refractivity contribution < 1.29 is 9.47 Å². The van der Waals surface area contributed by atoms with E-state index in [-0.39, 0.29) is 5.92 Å². The summed E-state index contributed by atoms with van der Waals surface area (Å²) in [5.41, 5.74) is 3.53. The van der Waals surface area contributed by atoms with Gasteiger partial charge in [-0.25, -0.2) is 0 Å². The molecular weight excluding hydrogens is 330 g/mol. The van der Waals surface area contributed by atoms with Crippen molar-refractivity contribution >= 4 is 5.82 Å². The first-order valence-corrected chi connectivity index (χ1v) is 9.41. The van der Waals surface area contributed by atoms with Gasteiger partial charge >= 0.3 is 0 Å². The molecule has 140 valence electrons. The molecule has 1 atom stereocenters. The minimum Gasteiger partial charge on any atom is -0.384 e. The number of methoxy groups -OCH3 is 1. The summed E-state index contributed by atoms with van der Waals surface area (Å²) in [4.78, 5) is 2.28. The van der Waals surface area contributed by atoms with Crippen molar-refractivity contribution in [2.24, 2.45) is 5.92 Å². The summed E-state index contributed by atoms with van der Waals surface area (Å²) in [6.07, 6.45) is 4.26. The third kappa shape index (κ3) is 3.59. The maximum Gasteiger partial charge on any atom is 0.151 e. The first-order valence-electron chi connectivity index (χ1n) is 9.41. The molecule has 2 aliphatic heterocycles. The fourth-order valence-electron chi connectivity index (χ4n) is 4.04. The van der Waals surface area contributed by atoms with Crippen LogP contribution in [0.4, 0.5) is 5.82 Å². The summed E-state index contributed by atoms with van der Waals surface area (Å²) in [6.45, 7) is 7.05. The first-order chi connectivity index (χ1) is 12.7. The summed E-state index contributed by atoms with van der Waals surface area (Å²) >= 11 is 0. The van der Waals surface area contributed by atoms with Crippen molar-refractivity contribution in [3.8, 4) is 0 Å². The Morgan fingerprint density at radius 2 is 2.08 bits per heavy atom. The average molecular weight is 357 g/mol. The van der Waals surface area contributed by atoms with Gasteiger partial charge in [0.15, 0.2) is 5.82 Å². The van der Waals surface area contributed by atoms with Crippen LogP contribution in [0.5, 0.6) is 0 Å². The second-order valence-electron chi connectivity index (χ2n) is 7.36. The predicted octanol–water partition coefficient (Wildman–Crippen LogP) is 2.16. The van der Waals surface area contributed by atoms with Crippen molar-refractivity contribution in [1.29, 1.82) is 0 Å². The molecule has 7 heteroatoms. The number of rotatable bonds is 5. The lowest BCUT2D eigenvalue weighted by Crippen LogP contribution is -2.37. The van der Waals surface area contributed by atoms with Crippen LogP contribution in [-0.4, -0.2) is 53.5 Å². The quantitative estimate of drug-likeness (QED) is 0.817. The Bertz CT molecular complexity index is 724. The molecule has 0 radical (unpaired) electrons. The number of fused-ring (bicyclic) bond motifs is 1. The van der Waals surface area contributed by atoms with Crippen LogP contribution in [0.1, 0.15) is 35.7 Å². The van der Waals surface area contributed by atoms with E-state index in [2.05, 4.69) is 19.8 Å². The van der Waals surface area contributed by atoms with Gasteiger partial charge in [-0.3, -0.25) is 4.68 Å². The Hall–Kier alpha value is -1.99. The molecule has 0 bridgehead atoms. The fourth-order valence-corrected chi connectivity index (χ4v) is 4.04. The Kier molecular flexibility index (Phi) is 5.17. The third-order valence-electron chi connectivity index (χ3n) is 5.40. The molecule has 1 fully saturated rings. The lowest BCUT2D eigenvalue weighted by atomic mass is 9.95. The van der Waals surface area contributed by atoms with Gasteiger partial charge in [0.1, 0.15) is 0 Å². The van der Waals surface area contributed by atoms with Gasteiger partial charge in [-0.15, -0.1) is 5.10 Å². The zero-order valence-corrected chi connectivity index (χ0v) is 15.6. The number of ether oxygens (including phenoxy) is 2. The molecule has 7 nitrogen and oxygen atoms in total. The van der Waals surface area contributed by atoms with Crippen molar-refractivity contribution in [2.75, 3.05) is 38.4 Å². The van der Waals surface area contributed by atoms with Crippen LogP contribution in [0, 0.1) is 12.8 Å². The monoisotopic (exact) mass is 357 g/mol. The van der Waals surface area contributed by atoms with Crippen LogP contribution < -0.4 is 4.90 Å². The van der Waals surface area contributed by atoms with Crippen LogP contribution in [0.15, 0.2) is 18.3 Å². The highest BCUT2D eigenvalue weighted by Gasteiger charge is 2.31. The molecule has 2 aromatic rings. The number of nitrogens with zero attached hydrogens (tertiary/aromatic N) is 5. The van der Waals surface area contributed by atoms with E-state index in [0.717, 1.165) is 57.2 Å². The molecule has 0 spiro atoms. The third-order valence-corrected chi connectivity index (χ3v) is 5.40. The fraction of sp³-hybridized carbons (Fsp3) is 0.632. The number of hydrogen-bond acceptors (Lipinski definition) is 6. The lowest BCUT2D eigenvalue weighted by molar-refractivity contribution is 0.0595. The van der Waals surface area contributed by atoms with Gasteiger partial charge in [-0.2, -0.15) is 10.2 Å². The summed E-state index contributed by atoms with van der Waals surface area (Å²) in [5, 5.41) is 13.3. The molecule has 1 saturated heterocycles. The Morgan fingerprint density at radius 3 is 2.81 bits per heavy atom. The van der Waals surface area contributed by atoms with E-state index in [9.17, 15) is 0 Å². The topological polar surface area (TPSA) is 65.3 Å². The van der Waals surface area contributed by atoms with Crippen molar-refractivity contribution in [3.05, 3.63) is 35.3 Å². The van der Waals surface area contributed by atoms with Crippen LogP contribution in [0.25, 0.3) is 0 Å². The number of aromatic nitrogens is 4. The molecule has 26 heavy (non-hydrogen) atoms. The molecule has 4 heterocycles. The summed E-state index contributed by atoms with van der Waals surface area (Å²) < 4.78 is 13.2. The molecule has 1 unspecified atom stereocenters. The number of hydrogen-bond donors (Lipinski definition) is 0. The largest absolute Gasteiger partial charge is 0.384 e. The Morgan fingerprint density at radius 1 is 1.23 bits per heavy atom. The van der Waals surface area contributed by atoms with Gasteiger partial charge in [0.05, 0.1) is 24.2 Å². The van der Waals surface area contributed by atoms with Gasteiger partial charge < -0.3 is 14.4 Å². The molecule has 2 aromatic heterocycles. The molecule has 2 aliphatic rings. The highest BCUT2D eigenvalue weighted by Crippen LogP contribution is 2.32. The molecule has 0 aliphatic carbocycles.